The second-order valence-electron chi connectivity index (χ2n) is 4.22. The van der Waals surface area contributed by atoms with Crippen molar-refractivity contribution in [3.05, 3.63) is 11.6 Å². The van der Waals surface area contributed by atoms with Crippen LogP contribution in [0.2, 0.25) is 0 Å². The van der Waals surface area contributed by atoms with Crippen molar-refractivity contribution in [2.24, 2.45) is 11.1 Å². The Hall–Kier alpha value is -0.830. The summed E-state index contributed by atoms with van der Waals surface area (Å²) in [6.07, 6.45) is 3.53. The number of aliphatic hydroxyl groups is 1. The zero-order valence-electron chi connectivity index (χ0n) is 8.41. The molecule has 0 radical (unpaired) electrons. The van der Waals surface area contributed by atoms with Gasteiger partial charge in [0.2, 0.25) is 0 Å². The molecule has 0 aromatic carbocycles. The van der Waals surface area contributed by atoms with Gasteiger partial charge in [-0.2, -0.15) is 0 Å². The molecule has 0 fully saturated rings. The minimum Gasteiger partial charge on any atom is -0.411 e. The SMILES string of the molecule is CC1=CC[C@H](C(C)(C)O)C/C1=N/O. The van der Waals surface area contributed by atoms with Crippen LogP contribution in [-0.4, -0.2) is 21.6 Å². The smallest absolute Gasteiger partial charge is 0.0825 e. The summed E-state index contributed by atoms with van der Waals surface area (Å²) in [5.74, 6) is 0.155. The first kappa shape index (κ1) is 10.3. The van der Waals surface area contributed by atoms with E-state index in [2.05, 4.69) is 5.16 Å². The first-order valence-corrected chi connectivity index (χ1v) is 4.55. The van der Waals surface area contributed by atoms with Crippen LogP contribution in [0.3, 0.4) is 0 Å². The number of rotatable bonds is 1. The standard InChI is InChI=1S/C10H17NO2/c1-7-4-5-8(10(2,3)12)6-9(7)11-13/h4,8,12-13H,5-6H2,1-3H3/b11-9-/t8-/m0/s1. The van der Waals surface area contributed by atoms with Gasteiger partial charge in [-0.3, -0.25) is 0 Å². The van der Waals surface area contributed by atoms with Gasteiger partial charge in [-0.25, -0.2) is 0 Å². The topological polar surface area (TPSA) is 52.8 Å². The molecule has 1 atom stereocenters. The maximum Gasteiger partial charge on any atom is 0.0825 e. The van der Waals surface area contributed by atoms with Crippen molar-refractivity contribution in [3.63, 3.8) is 0 Å². The quantitative estimate of drug-likeness (QED) is 0.482. The largest absolute Gasteiger partial charge is 0.411 e. The molecule has 0 aromatic rings. The molecule has 0 saturated heterocycles. The maximum absolute atomic E-state index is 9.78. The molecular weight excluding hydrogens is 166 g/mol. The van der Waals surface area contributed by atoms with Crippen molar-refractivity contribution in [2.75, 3.05) is 0 Å². The van der Waals surface area contributed by atoms with Gasteiger partial charge >= 0.3 is 0 Å². The first-order valence-electron chi connectivity index (χ1n) is 4.55. The molecule has 13 heavy (non-hydrogen) atoms. The number of hydrogen-bond acceptors (Lipinski definition) is 3. The summed E-state index contributed by atoms with van der Waals surface area (Å²) in [6.45, 7) is 5.51. The summed E-state index contributed by atoms with van der Waals surface area (Å²) >= 11 is 0. The van der Waals surface area contributed by atoms with Crippen molar-refractivity contribution in [2.45, 2.75) is 39.2 Å². The average molecular weight is 183 g/mol. The third-order valence-electron chi connectivity index (χ3n) is 2.72. The molecule has 0 aromatic heterocycles. The second-order valence-corrected chi connectivity index (χ2v) is 4.22. The molecular formula is C10H17NO2. The molecule has 1 rings (SSSR count). The van der Waals surface area contributed by atoms with Crippen molar-refractivity contribution in [1.29, 1.82) is 0 Å². The van der Waals surface area contributed by atoms with Crippen LogP contribution in [-0.2, 0) is 0 Å². The Morgan fingerprint density at radius 2 is 2.15 bits per heavy atom. The predicted molar refractivity (Wildman–Crippen MR) is 52.0 cm³/mol. The monoisotopic (exact) mass is 183 g/mol. The Bertz CT molecular complexity index is 248. The lowest BCUT2D eigenvalue weighted by Gasteiger charge is -2.31. The lowest BCUT2D eigenvalue weighted by molar-refractivity contribution is 0.0201. The van der Waals surface area contributed by atoms with E-state index in [0.29, 0.717) is 12.1 Å². The van der Waals surface area contributed by atoms with E-state index in [1.165, 1.54) is 0 Å². The van der Waals surface area contributed by atoms with Crippen molar-refractivity contribution < 1.29 is 10.3 Å². The van der Waals surface area contributed by atoms with Crippen molar-refractivity contribution in [3.8, 4) is 0 Å². The number of hydrogen-bond donors (Lipinski definition) is 2. The lowest BCUT2D eigenvalue weighted by atomic mass is 9.79. The average Bonchev–Trinajstić information content (AvgIpc) is 2.03. The van der Waals surface area contributed by atoms with Crippen LogP contribution in [0.1, 0.15) is 33.6 Å². The van der Waals surface area contributed by atoms with E-state index in [-0.39, 0.29) is 5.92 Å². The van der Waals surface area contributed by atoms with E-state index in [1.807, 2.05) is 13.0 Å². The van der Waals surface area contributed by atoms with Gasteiger partial charge < -0.3 is 10.3 Å². The summed E-state index contributed by atoms with van der Waals surface area (Å²) in [5.41, 5.74) is 1.01. The Kier molecular flexibility index (Phi) is 2.76. The van der Waals surface area contributed by atoms with Crippen LogP contribution >= 0.6 is 0 Å². The molecule has 0 aliphatic heterocycles. The van der Waals surface area contributed by atoms with Crippen LogP contribution in [0.25, 0.3) is 0 Å². The normalized spacial score (nSPS) is 27.5. The first-order chi connectivity index (χ1) is 5.95. The number of oxime groups is 1. The molecule has 0 amide bonds. The van der Waals surface area contributed by atoms with E-state index in [1.54, 1.807) is 13.8 Å². The maximum atomic E-state index is 9.78. The van der Waals surface area contributed by atoms with Crippen LogP contribution in [0.15, 0.2) is 16.8 Å². The third kappa shape index (κ3) is 2.31. The van der Waals surface area contributed by atoms with E-state index >= 15 is 0 Å². The Labute approximate surface area is 78.8 Å². The van der Waals surface area contributed by atoms with Gasteiger partial charge in [-0.15, -0.1) is 0 Å². The molecule has 0 heterocycles. The summed E-state index contributed by atoms with van der Waals surface area (Å²) in [4.78, 5) is 0. The van der Waals surface area contributed by atoms with Crippen molar-refractivity contribution >= 4 is 5.71 Å². The number of allylic oxidation sites excluding steroid dienone is 2. The highest BCUT2D eigenvalue weighted by Crippen LogP contribution is 2.30. The van der Waals surface area contributed by atoms with Gasteiger partial charge in [0.1, 0.15) is 0 Å². The molecule has 3 nitrogen and oxygen atoms in total. The second kappa shape index (κ2) is 3.50. The Balaban J connectivity index is 2.80. The zero-order chi connectivity index (χ0) is 10.1. The van der Waals surface area contributed by atoms with Gasteiger partial charge in [-0.05, 0) is 45.1 Å². The van der Waals surface area contributed by atoms with Crippen LogP contribution in [0.4, 0.5) is 0 Å². The van der Waals surface area contributed by atoms with Gasteiger partial charge in [0, 0.05) is 0 Å². The molecule has 0 unspecified atom stereocenters. The van der Waals surface area contributed by atoms with Crippen LogP contribution in [0.5, 0.6) is 0 Å². The molecule has 1 aliphatic rings. The molecule has 0 spiro atoms. The van der Waals surface area contributed by atoms with Gasteiger partial charge in [0.25, 0.3) is 0 Å². The molecule has 0 bridgehead atoms. The van der Waals surface area contributed by atoms with Crippen LogP contribution < -0.4 is 0 Å². The molecule has 1 aliphatic carbocycles. The minimum absolute atomic E-state index is 0.155. The van der Waals surface area contributed by atoms with E-state index in [4.69, 9.17) is 5.21 Å². The van der Waals surface area contributed by atoms with Gasteiger partial charge in [0.15, 0.2) is 0 Å². The summed E-state index contributed by atoms with van der Waals surface area (Å²) < 4.78 is 0. The molecule has 3 heteroatoms. The number of nitrogens with zero attached hydrogens (tertiary/aromatic N) is 1. The Morgan fingerprint density at radius 3 is 2.62 bits per heavy atom. The Morgan fingerprint density at radius 1 is 1.54 bits per heavy atom. The van der Waals surface area contributed by atoms with E-state index in [9.17, 15) is 5.11 Å². The third-order valence-corrected chi connectivity index (χ3v) is 2.72. The summed E-state index contributed by atoms with van der Waals surface area (Å²) in [7, 11) is 0. The summed E-state index contributed by atoms with van der Waals surface area (Å²) in [6, 6.07) is 0. The lowest BCUT2D eigenvalue weighted by Crippen LogP contribution is -2.34. The fourth-order valence-electron chi connectivity index (χ4n) is 1.57. The summed E-state index contributed by atoms with van der Waals surface area (Å²) in [5, 5.41) is 21.7. The molecule has 74 valence electrons. The van der Waals surface area contributed by atoms with Crippen molar-refractivity contribution in [1.82, 2.24) is 0 Å². The van der Waals surface area contributed by atoms with Crippen LogP contribution in [0, 0.1) is 5.92 Å². The highest BCUT2D eigenvalue weighted by molar-refractivity contribution is 6.00. The van der Waals surface area contributed by atoms with Gasteiger partial charge in [-0.1, -0.05) is 11.2 Å². The zero-order valence-corrected chi connectivity index (χ0v) is 8.41. The highest BCUT2D eigenvalue weighted by atomic mass is 16.4. The highest BCUT2D eigenvalue weighted by Gasteiger charge is 2.30. The van der Waals surface area contributed by atoms with Gasteiger partial charge in [0.05, 0.1) is 11.3 Å². The fraction of sp³-hybridized carbons (Fsp3) is 0.700. The van der Waals surface area contributed by atoms with E-state index < -0.39 is 5.60 Å². The minimum atomic E-state index is -0.701. The molecule has 0 saturated carbocycles. The molecule has 2 N–H and O–H groups in total. The fourth-order valence-corrected chi connectivity index (χ4v) is 1.57. The predicted octanol–water partition coefficient (Wildman–Crippen LogP) is 1.94. The van der Waals surface area contributed by atoms with E-state index in [0.717, 1.165) is 12.0 Å².